The molecule has 5 nitrogen and oxygen atoms in total. The number of aromatic nitrogens is 3. The van der Waals surface area contributed by atoms with Gasteiger partial charge in [0.05, 0.1) is 16.8 Å². The number of halogens is 2. The van der Waals surface area contributed by atoms with Gasteiger partial charge in [-0.1, -0.05) is 61.9 Å². The summed E-state index contributed by atoms with van der Waals surface area (Å²) in [5.74, 6) is 0.353. The van der Waals surface area contributed by atoms with Gasteiger partial charge in [-0.2, -0.15) is 4.52 Å². The summed E-state index contributed by atoms with van der Waals surface area (Å²) in [6.45, 7) is 5.89. The molecule has 0 amide bonds. The third kappa shape index (κ3) is 4.21. The fourth-order valence-corrected chi connectivity index (χ4v) is 3.39. The molecule has 0 aliphatic heterocycles. The summed E-state index contributed by atoms with van der Waals surface area (Å²) in [7, 11) is 1.74. The van der Waals surface area contributed by atoms with E-state index in [2.05, 4.69) is 4.98 Å². The van der Waals surface area contributed by atoms with Crippen molar-refractivity contribution in [2.75, 3.05) is 5.88 Å². The molecule has 0 atom stereocenters. The van der Waals surface area contributed by atoms with E-state index in [-0.39, 0.29) is 5.56 Å². The van der Waals surface area contributed by atoms with E-state index < -0.39 is 5.56 Å². The lowest BCUT2D eigenvalue weighted by Crippen LogP contribution is -2.23. The number of nitrogens with zero attached hydrogens (tertiary/aromatic N) is 3. The maximum atomic E-state index is 12.8. The SMILES string of the molecule is C/C=C(\C=C/CCl)c1c(-c2ccccc2Cl)n(C)n2c(=O)c(C=O)cnc12.CC. The molecule has 0 saturated heterocycles. The van der Waals surface area contributed by atoms with Crippen LogP contribution < -0.4 is 5.56 Å². The lowest BCUT2D eigenvalue weighted by molar-refractivity contribution is 0.112. The molecule has 0 unspecified atom stereocenters. The smallest absolute Gasteiger partial charge is 0.283 e. The summed E-state index contributed by atoms with van der Waals surface area (Å²) in [5.41, 5.74) is 3.06. The van der Waals surface area contributed by atoms with Gasteiger partial charge in [-0.25, -0.2) is 4.98 Å². The van der Waals surface area contributed by atoms with Crippen LogP contribution in [-0.4, -0.2) is 26.3 Å². The number of carbonyl (C=O) groups excluding carboxylic acids is 1. The van der Waals surface area contributed by atoms with Gasteiger partial charge in [0, 0.05) is 29.7 Å². The van der Waals surface area contributed by atoms with Crippen molar-refractivity contribution >= 4 is 40.7 Å². The van der Waals surface area contributed by atoms with Crippen LogP contribution in [0, 0.1) is 0 Å². The quantitative estimate of drug-likeness (QED) is 0.309. The Hall–Kier alpha value is -2.63. The van der Waals surface area contributed by atoms with Gasteiger partial charge in [0.25, 0.3) is 5.56 Å². The van der Waals surface area contributed by atoms with Crippen LogP contribution in [0.15, 0.2) is 53.5 Å². The molecule has 3 aromatic rings. The van der Waals surface area contributed by atoms with Crippen molar-refractivity contribution in [3.8, 4) is 11.3 Å². The van der Waals surface area contributed by atoms with Crippen LogP contribution in [0.1, 0.15) is 36.7 Å². The van der Waals surface area contributed by atoms with Crippen LogP contribution in [0.5, 0.6) is 0 Å². The van der Waals surface area contributed by atoms with E-state index in [4.69, 9.17) is 23.2 Å². The zero-order valence-corrected chi connectivity index (χ0v) is 18.3. The largest absolute Gasteiger partial charge is 0.298 e. The van der Waals surface area contributed by atoms with E-state index >= 15 is 0 Å². The number of aryl methyl sites for hydroxylation is 1. The van der Waals surface area contributed by atoms with Crippen LogP contribution in [-0.2, 0) is 7.05 Å². The van der Waals surface area contributed by atoms with E-state index in [1.54, 1.807) is 17.8 Å². The molecule has 0 bridgehead atoms. The second-order valence-electron chi connectivity index (χ2n) is 5.80. The molecule has 0 aliphatic rings. The van der Waals surface area contributed by atoms with Crippen LogP contribution >= 0.6 is 23.2 Å². The van der Waals surface area contributed by atoms with E-state index in [9.17, 15) is 9.59 Å². The zero-order chi connectivity index (χ0) is 21.6. The van der Waals surface area contributed by atoms with Crippen molar-refractivity contribution in [2.24, 2.45) is 7.05 Å². The summed E-state index contributed by atoms with van der Waals surface area (Å²) < 4.78 is 3.06. The van der Waals surface area contributed by atoms with Gasteiger partial charge in [-0.15, -0.1) is 11.6 Å². The first-order chi connectivity index (χ1) is 14.0. The molecule has 0 aliphatic carbocycles. The van der Waals surface area contributed by atoms with Gasteiger partial charge in [-0.3, -0.25) is 14.3 Å². The fraction of sp³-hybridized carbons (Fsp3) is 0.227. The highest BCUT2D eigenvalue weighted by Gasteiger charge is 2.23. The summed E-state index contributed by atoms with van der Waals surface area (Å²) in [5, 5.41) is 0.546. The van der Waals surface area contributed by atoms with Crippen LogP contribution in [0.2, 0.25) is 5.02 Å². The Morgan fingerprint density at radius 3 is 2.52 bits per heavy atom. The maximum absolute atomic E-state index is 12.8. The zero-order valence-electron chi connectivity index (χ0n) is 16.8. The van der Waals surface area contributed by atoms with Crippen molar-refractivity contribution in [3.05, 3.63) is 75.2 Å². The minimum absolute atomic E-state index is 0.0105. The molecule has 3 rings (SSSR count). The summed E-state index contributed by atoms with van der Waals surface area (Å²) >= 11 is 12.3. The second kappa shape index (κ2) is 10.2. The standard InChI is InChI=1S/C20H17Cl2N3O2.C2H6/c1-3-13(7-6-10-21)17-18(15-8-4-5-9-16(15)22)24(2)25-19(17)23-11-14(12-26)20(25)27;1-2/h3-9,11-12H,10H2,1-2H3;1-2H3/b7-6-,13-3+;. The highest BCUT2D eigenvalue weighted by molar-refractivity contribution is 6.33. The average molecular weight is 432 g/mol. The molecule has 0 spiro atoms. The van der Waals surface area contributed by atoms with Gasteiger partial charge >= 0.3 is 0 Å². The van der Waals surface area contributed by atoms with Crippen molar-refractivity contribution < 1.29 is 4.79 Å². The summed E-state index contributed by atoms with van der Waals surface area (Å²) in [4.78, 5) is 28.4. The monoisotopic (exact) mass is 431 g/mol. The number of allylic oxidation sites excluding steroid dienone is 4. The van der Waals surface area contributed by atoms with Gasteiger partial charge in [-0.05, 0) is 18.6 Å². The second-order valence-corrected chi connectivity index (χ2v) is 6.52. The Morgan fingerprint density at radius 1 is 1.24 bits per heavy atom. The number of hydrogen-bond acceptors (Lipinski definition) is 3. The lowest BCUT2D eigenvalue weighted by atomic mass is 10.00. The highest BCUT2D eigenvalue weighted by Crippen LogP contribution is 2.36. The minimum Gasteiger partial charge on any atom is -0.298 e. The van der Waals surface area contributed by atoms with Gasteiger partial charge in [0.2, 0.25) is 0 Å². The van der Waals surface area contributed by atoms with Gasteiger partial charge in [0.15, 0.2) is 11.9 Å². The molecule has 2 aromatic heterocycles. The predicted octanol–water partition coefficient (Wildman–Crippen LogP) is 5.39. The fourth-order valence-electron chi connectivity index (χ4n) is 3.08. The first-order valence-corrected chi connectivity index (χ1v) is 10.2. The molecule has 0 radical (unpaired) electrons. The third-order valence-corrected chi connectivity index (χ3v) is 4.80. The van der Waals surface area contributed by atoms with Crippen LogP contribution in [0.4, 0.5) is 0 Å². The Labute approximate surface area is 179 Å². The van der Waals surface area contributed by atoms with E-state index in [0.29, 0.717) is 22.8 Å². The Morgan fingerprint density at radius 2 is 1.93 bits per heavy atom. The number of hydrogen-bond donors (Lipinski definition) is 0. The van der Waals surface area contributed by atoms with Gasteiger partial charge in [0.1, 0.15) is 0 Å². The molecule has 0 saturated carbocycles. The first kappa shape index (κ1) is 22.7. The number of alkyl halides is 1. The highest BCUT2D eigenvalue weighted by atomic mass is 35.5. The average Bonchev–Trinajstić information content (AvgIpc) is 3.04. The molecule has 0 N–H and O–H groups in total. The Kier molecular flexibility index (Phi) is 8.00. The predicted molar refractivity (Wildman–Crippen MR) is 121 cm³/mol. The third-order valence-electron chi connectivity index (χ3n) is 4.29. The first-order valence-electron chi connectivity index (χ1n) is 9.25. The number of benzene rings is 1. The topological polar surface area (TPSA) is 56.4 Å². The molecule has 1 aromatic carbocycles. The number of carbonyl (C=O) groups is 1. The number of rotatable bonds is 5. The van der Waals surface area contributed by atoms with Crippen LogP contribution in [0.25, 0.3) is 22.5 Å². The molecular weight excluding hydrogens is 409 g/mol. The van der Waals surface area contributed by atoms with E-state index in [1.165, 1.54) is 10.7 Å². The van der Waals surface area contributed by atoms with E-state index in [1.807, 2.05) is 57.2 Å². The number of fused-ring (bicyclic) bond motifs is 1. The summed E-state index contributed by atoms with van der Waals surface area (Å²) in [6, 6.07) is 7.38. The minimum atomic E-state index is -0.436. The Balaban J connectivity index is 0.00000145. The van der Waals surface area contributed by atoms with Crippen molar-refractivity contribution in [2.45, 2.75) is 20.8 Å². The summed E-state index contributed by atoms with van der Waals surface area (Å²) in [6.07, 6.45) is 7.41. The maximum Gasteiger partial charge on any atom is 0.283 e. The van der Waals surface area contributed by atoms with Crippen molar-refractivity contribution in [1.82, 2.24) is 14.2 Å². The molecule has 152 valence electrons. The Bertz CT molecular complexity index is 1140. The molecule has 2 heterocycles. The van der Waals surface area contributed by atoms with Crippen molar-refractivity contribution in [3.63, 3.8) is 0 Å². The van der Waals surface area contributed by atoms with Crippen LogP contribution in [0.3, 0.4) is 0 Å². The normalized spacial score (nSPS) is 11.6. The molecule has 0 fully saturated rings. The molecule has 29 heavy (non-hydrogen) atoms. The molecule has 7 heteroatoms. The van der Waals surface area contributed by atoms with Crippen molar-refractivity contribution in [1.29, 1.82) is 0 Å². The van der Waals surface area contributed by atoms with E-state index in [0.717, 1.165) is 22.4 Å². The number of aldehydes is 1. The molecular formula is C22H23Cl2N3O2. The van der Waals surface area contributed by atoms with Gasteiger partial charge < -0.3 is 0 Å². The lowest BCUT2D eigenvalue weighted by Gasteiger charge is -2.09.